The van der Waals surface area contributed by atoms with Crippen molar-refractivity contribution < 1.29 is 9.90 Å². The van der Waals surface area contributed by atoms with E-state index in [2.05, 4.69) is 0 Å². The molecule has 98 valence electrons. The third-order valence-corrected chi connectivity index (χ3v) is 2.59. The molecule has 0 atom stereocenters. The number of rotatable bonds is 11. The molecule has 0 heterocycles. The Morgan fingerprint density at radius 3 is 1.56 bits per heavy atom. The second kappa shape index (κ2) is 14.4. The van der Waals surface area contributed by atoms with Crippen LogP contribution in [0, 0.1) is 0 Å². The van der Waals surface area contributed by atoms with Gasteiger partial charge in [-0.15, -0.1) is 0 Å². The summed E-state index contributed by atoms with van der Waals surface area (Å²) in [5.41, 5.74) is 5.40. The molecule has 0 radical (unpaired) electrons. The second-order valence-electron chi connectivity index (χ2n) is 4.11. The minimum atomic E-state index is -0.670. The molecule has 0 aliphatic heterocycles. The van der Waals surface area contributed by atoms with Crippen molar-refractivity contribution in [2.24, 2.45) is 5.73 Å². The van der Waals surface area contributed by atoms with Crippen molar-refractivity contribution in [1.82, 2.24) is 6.15 Å². The van der Waals surface area contributed by atoms with E-state index in [9.17, 15) is 4.79 Å². The lowest BCUT2D eigenvalue weighted by molar-refractivity contribution is -0.137. The number of carboxylic acid groups (broad SMARTS) is 1. The maximum absolute atomic E-state index is 10.2. The Hall–Kier alpha value is -0.610. The number of aliphatic carboxylic acids is 1. The van der Waals surface area contributed by atoms with E-state index in [0.717, 1.165) is 25.8 Å². The summed E-state index contributed by atoms with van der Waals surface area (Å²) in [6.07, 6.45) is 11.0. The lowest BCUT2D eigenvalue weighted by Crippen LogP contribution is -1.97. The summed E-state index contributed by atoms with van der Waals surface area (Å²) in [7, 11) is 0. The smallest absolute Gasteiger partial charge is 0.303 e. The van der Waals surface area contributed by atoms with E-state index < -0.39 is 5.97 Å². The molecular formula is C12H29N2O2+. The molecule has 7 N–H and O–H groups in total. The number of carbonyl (C=O) groups is 1. The van der Waals surface area contributed by atoms with Gasteiger partial charge in [-0.25, -0.2) is 0 Å². The van der Waals surface area contributed by atoms with E-state index >= 15 is 0 Å². The van der Waals surface area contributed by atoms with Gasteiger partial charge in [0.2, 0.25) is 0 Å². The summed E-state index contributed by atoms with van der Waals surface area (Å²) >= 11 is 0. The maximum Gasteiger partial charge on any atom is 0.303 e. The summed E-state index contributed by atoms with van der Waals surface area (Å²) in [6.45, 7) is 0.815. The number of hydrogen-bond donors (Lipinski definition) is 3. The summed E-state index contributed by atoms with van der Waals surface area (Å²) in [5, 5.41) is 8.43. The molecular weight excluding hydrogens is 204 g/mol. The molecule has 0 aromatic rings. The molecule has 0 spiro atoms. The first kappa shape index (κ1) is 17.8. The average molecular weight is 233 g/mol. The fourth-order valence-electron chi connectivity index (χ4n) is 1.66. The van der Waals surface area contributed by atoms with Crippen LogP contribution < -0.4 is 11.9 Å². The Kier molecular flexibility index (Phi) is 16.0. The van der Waals surface area contributed by atoms with Gasteiger partial charge in [0.05, 0.1) is 0 Å². The van der Waals surface area contributed by atoms with Gasteiger partial charge in [-0.3, -0.25) is 4.79 Å². The Morgan fingerprint density at radius 1 is 0.812 bits per heavy atom. The first-order valence-electron chi connectivity index (χ1n) is 6.19. The van der Waals surface area contributed by atoms with E-state index in [1.165, 1.54) is 38.5 Å². The van der Waals surface area contributed by atoms with Crippen molar-refractivity contribution >= 4 is 5.97 Å². The van der Waals surface area contributed by atoms with E-state index in [1.54, 1.807) is 0 Å². The van der Waals surface area contributed by atoms with Crippen molar-refractivity contribution in [1.29, 1.82) is 0 Å². The molecule has 4 nitrogen and oxygen atoms in total. The van der Waals surface area contributed by atoms with Gasteiger partial charge < -0.3 is 17.0 Å². The summed E-state index contributed by atoms with van der Waals surface area (Å²) in [4.78, 5) is 10.2. The zero-order chi connectivity index (χ0) is 11.4. The zero-order valence-corrected chi connectivity index (χ0v) is 10.7. The molecule has 0 amide bonds. The van der Waals surface area contributed by atoms with Crippen LogP contribution in [0.3, 0.4) is 0 Å². The first-order chi connectivity index (χ1) is 7.27. The number of unbranched alkanes of at least 4 members (excludes halogenated alkanes) is 8. The van der Waals surface area contributed by atoms with Gasteiger partial charge in [0.1, 0.15) is 0 Å². The Bertz CT molecular complexity index is 152. The third-order valence-electron chi connectivity index (χ3n) is 2.59. The summed E-state index contributed by atoms with van der Waals surface area (Å²) in [5.74, 6) is -0.670. The van der Waals surface area contributed by atoms with Crippen LogP contribution in [-0.4, -0.2) is 17.6 Å². The second-order valence-corrected chi connectivity index (χ2v) is 4.11. The molecule has 0 saturated heterocycles. The monoisotopic (exact) mass is 233 g/mol. The Morgan fingerprint density at radius 2 is 1.19 bits per heavy atom. The molecule has 0 aliphatic rings. The number of hydrogen-bond acceptors (Lipinski definition) is 2. The van der Waals surface area contributed by atoms with E-state index in [0.29, 0.717) is 6.42 Å². The van der Waals surface area contributed by atoms with Crippen LogP contribution in [0.25, 0.3) is 0 Å². The number of quaternary nitrogens is 1. The fourth-order valence-corrected chi connectivity index (χ4v) is 1.66. The van der Waals surface area contributed by atoms with Crippen molar-refractivity contribution in [3.63, 3.8) is 0 Å². The molecule has 0 bridgehead atoms. The highest BCUT2D eigenvalue weighted by atomic mass is 16.4. The molecule has 16 heavy (non-hydrogen) atoms. The standard InChI is InChI=1S/C12H25NO2.H3N/c13-11-9-7-5-3-1-2-4-6-8-10-12(14)15;/h1-11,13H2,(H,14,15);1H3/p+1. The molecule has 0 aliphatic carbocycles. The number of nitrogens with two attached hydrogens (primary N) is 1. The lowest BCUT2D eigenvalue weighted by Gasteiger charge is -2.01. The van der Waals surface area contributed by atoms with E-state index in [4.69, 9.17) is 10.8 Å². The largest absolute Gasteiger partial charge is 0.481 e. The molecule has 0 rings (SSSR count). The van der Waals surface area contributed by atoms with Crippen molar-refractivity contribution in [3.05, 3.63) is 0 Å². The van der Waals surface area contributed by atoms with Crippen LogP contribution >= 0.6 is 0 Å². The SMILES string of the molecule is NCCCCCCCCCCCC(=O)O.[NH4+]. The highest BCUT2D eigenvalue weighted by Crippen LogP contribution is 2.10. The fraction of sp³-hybridized carbons (Fsp3) is 0.917. The lowest BCUT2D eigenvalue weighted by atomic mass is 10.1. The molecule has 0 aromatic carbocycles. The highest BCUT2D eigenvalue weighted by molar-refractivity contribution is 5.66. The van der Waals surface area contributed by atoms with E-state index in [1.807, 2.05) is 0 Å². The van der Waals surface area contributed by atoms with Crippen LogP contribution in [-0.2, 0) is 4.79 Å². The van der Waals surface area contributed by atoms with Gasteiger partial charge >= 0.3 is 5.97 Å². The Balaban J connectivity index is 0. The van der Waals surface area contributed by atoms with Crippen molar-refractivity contribution in [2.75, 3.05) is 6.54 Å². The maximum atomic E-state index is 10.2. The van der Waals surface area contributed by atoms with Gasteiger partial charge in [0, 0.05) is 6.42 Å². The molecule has 0 saturated carbocycles. The van der Waals surface area contributed by atoms with Crippen LogP contribution in [0.4, 0.5) is 0 Å². The van der Waals surface area contributed by atoms with Gasteiger partial charge in [0.15, 0.2) is 0 Å². The van der Waals surface area contributed by atoms with Gasteiger partial charge in [-0.1, -0.05) is 44.9 Å². The predicted octanol–water partition coefficient (Wildman–Crippen LogP) is 3.31. The topological polar surface area (TPSA) is 99.8 Å². The van der Waals surface area contributed by atoms with Crippen LogP contribution in [0.5, 0.6) is 0 Å². The highest BCUT2D eigenvalue weighted by Gasteiger charge is 1.96. The van der Waals surface area contributed by atoms with Gasteiger partial charge in [-0.05, 0) is 19.4 Å². The van der Waals surface area contributed by atoms with Crippen LogP contribution in [0.2, 0.25) is 0 Å². The minimum Gasteiger partial charge on any atom is -0.481 e. The Labute approximate surface area is 99.2 Å². The van der Waals surface area contributed by atoms with Crippen LogP contribution in [0.15, 0.2) is 0 Å². The number of carboxylic acids is 1. The molecule has 0 fully saturated rings. The van der Waals surface area contributed by atoms with Crippen LogP contribution in [0.1, 0.15) is 64.2 Å². The zero-order valence-electron chi connectivity index (χ0n) is 10.7. The minimum absolute atomic E-state index is 0. The van der Waals surface area contributed by atoms with Gasteiger partial charge in [0.25, 0.3) is 0 Å². The van der Waals surface area contributed by atoms with Gasteiger partial charge in [-0.2, -0.15) is 0 Å². The third kappa shape index (κ3) is 15.8. The predicted molar refractivity (Wildman–Crippen MR) is 68.8 cm³/mol. The van der Waals surface area contributed by atoms with Crippen molar-refractivity contribution in [2.45, 2.75) is 64.2 Å². The first-order valence-corrected chi connectivity index (χ1v) is 6.19. The average Bonchev–Trinajstić information content (AvgIpc) is 2.20. The summed E-state index contributed by atoms with van der Waals surface area (Å²) < 4.78 is 0. The van der Waals surface area contributed by atoms with E-state index in [-0.39, 0.29) is 6.15 Å². The van der Waals surface area contributed by atoms with Crippen molar-refractivity contribution in [3.8, 4) is 0 Å². The quantitative estimate of drug-likeness (QED) is 0.477. The molecule has 0 aromatic heterocycles. The summed E-state index contributed by atoms with van der Waals surface area (Å²) in [6, 6.07) is 0. The molecule has 4 heteroatoms. The normalized spacial score (nSPS) is 9.81. The molecule has 0 unspecified atom stereocenters.